The highest BCUT2D eigenvalue weighted by molar-refractivity contribution is 5.86. The summed E-state index contributed by atoms with van der Waals surface area (Å²) in [5.74, 6) is 4.89. The number of benzene rings is 1. The van der Waals surface area contributed by atoms with Crippen molar-refractivity contribution in [2.75, 3.05) is 5.01 Å². The van der Waals surface area contributed by atoms with Gasteiger partial charge in [0.05, 0.1) is 5.69 Å². The van der Waals surface area contributed by atoms with E-state index in [-0.39, 0.29) is 5.69 Å². The Balaban J connectivity index is 2.83. The summed E-state index contributed by atoms with van der Waals surface area (Å²) in [4.78, 5) is 11.5. The minimum absolute atomic E-state index is 0.0169. The number of amides is 1. The molecule has 1 aromatic rings. The number of nitrogens with two attached hydrogens (primary N) is 1. The molecule has 88 valence electrons. The van der Waals surface area contributed by atoms with Crippen molar-refractivity contribution < 1.29 is 13.9 Å². The van der Waals surface area contributed by atoms with Crippen LogP contribution in [0.5, 0.6) is 0 Å². The van der Waals surface area contributed by atoms with Gasteiger partial charge in [-0.15, -0.1) is 0 Å². The molecular formula is C11H15FN2O2. The number of nitrogens with zero attached hydrogens (tertiary/aromatic N) is 1. The minimum Gasteiger partial charge on any atom is -0.442 e. The number of hydrazine groups is 1. The van der Waals surface area contributed by atoms with Crippen molar-refractivity contribution in [1.29, 1.82) is 0 Å². The summed E-state index contributed by atoms with van der Waals surface area (Å²) in [6.07, 6.45) is -0.794. The Bertz CT molecular complexity index is 388. The van der Waals surface area contributed by atoms with E-state index in [2.05, 4.69) is 0 Å². The highest BCUT2D eigenvalue weighted by Crippen LogP contribution is 2.18. The monoisotopic (exact) mass is 226 g/mol. The van der Waals surface area contributed by atoms with Gasteiger partial charge in [0, 0.05) is 0 Å². The highest BCUT2D eigenvalue weighted by atomic mass is 19.1. The summed E-state index contributed by atoms with van der Waals surface area (Å²) in [6.45, 7) is 5.13. The van der Waals surface area contributed by atoms with Crippen LogP contribution in [0.3, 0.4) is 0 Å². The number of halogens is 1. The summed E-state index contributed by atoms with van der Waals surface area (Å²) >= 11 is 0. The lowest BCUT2D eigenvalue weighted by atomic mass is 10.2. The first-order valence-corrected chi connectivity index (χ1v) is 4.83. The summed E-state index contributed by atoms with van der Waals surface area (Å²) in [5.41, 5.74) is -0.684. The molecular weight excluding hydrogens is 211 g/mol. The first kappa shape index (κ1) is 12.4. The molecule has 0 aliphatic rings. The summed E-state index contributed by atoms with van der Waals surface area (Å²) in [5, 5.41) is 0.653. The molecule has 0 atom stereocenters. The highest BCUT2D eigenvalue weighted by Gasteiger charge is 2.22. The van der Waals surface area contributed by atoms with Crippen LogP contribution in [0.25, 0.3) is 0 Å². The van der Waals surface area contributed by atoms with E-state index in [4.69, 9.17) is 10.6 Å². The fourth-order valence-corrected chi connectivity index (χ4v) is 1.06. The quantitative estimate of drug-likeness (QED) is 0.454. The average Bonchev–Trinajstić information content (AvgIpc) is 2.15. The number of hydrogen-bond acceptors (Lipinski definition) is 3. The van der Waals surface area contributed by atoms with Gasteiger partial charge < -0.3 is 4.74 Å². The number of rotatable bonds is 1. The van der Waals surface area contributed by atoms with Crippen molar-refractivity contribution >= 4 is 11.8 Å². The SMILES string of the molecule is CC(C)(C)OC(=O)N(N)c1ccccc1F. The third kappa shape index (κ3) is 3.20. The predicted octanol–water partition coefficient (Wildman–Crippen LogP) is 2.44. The van der Waals surface area contributed by atoms with Gasteiger partial charge in [0.25, 0.3) is 0 Å². The van der Waals surface area contributed by atoms with Gasteiger partial charge in [-0.05, 0) is 32.9 Å². The third-order valence-electron chi connectivity index (χ3n) is 1.70. The largest absolute Gasteiger partial charge is 0.442 e. The van der Waals surface area contributed by atoms with Gasteiger partial charge in [-0.25, -0.2) is 20.0 Å². The fraction of sp³-hybridized carbons (Fsp3) is 0.364. The normalized spacial score (nSPS) is 11.1. The molecule has 0 saturated heterocycles. The fourth-order valence-electron chi connectivity index (χ4n) is 1.06. The maximum Gasteiger partial charge on any atom is 0.429 e. The second-order valence-electron chi connectivity index (χ2n) is 4.30. The van der Waals surface area contributed by atoms with Crippen LogP contribution in [0.15, 0.2) is 24.3 Å². The molecule has 0 aliphatic carbocycles. The Labute approximate surface area is 93.8 Å². The van der Waals surface area contributed by atoms with Crippen LogP contribution in [-0.2, 0) is 4.74 Å². The van der Waals surface area contributed by atoms with Gasteiger partial charge in [0.1, 0.15) is 11.4 Å². The van der Waals surface area contributed by atoms with E-state index < -0.39 is 17.5 Å². The standard InChI is InChI=1S/C11H15FN2O2/c1-11(2,3)16-10(15)14(13)9-7-5-4-6-8(9)12/h4-7H,13H2,1-3H3. The van der Waals surface area contributed by atoms with E-state index in [1.165, 1.54) is 18.2 Å². The van der Waals surface area contributed by atoms with Crippen LogP contribution in [-0.4, -0.2) is 11.7 Å². The maximum atomic E-state index is 13.3. The molecule has 16 heavy (non-hydrogen) atoms. The maximum absolute atomic E-state index is 13.3. The molecule has 0 saturated carbocycles. The van der Waals surface area contributed by atoms with E-state index in [9.17, 15) is 9.18 Å². The van der Waals surface area contributed by atoms with E-state index in [1.807, 2.05) is 0 Å². The minimum atomic E-state index is -0.794. The van der Waals surface area contributed by atoms with E-state index in [0.29, 0.717) is 5.01 Å². The van der Waals surface area contributed by atoms with Gasteiger partial charge in [-0.2, -0.15) is 0 Å². The molecule has 0 heterocycles. The van der Waals surface area contributed by atoms with Crippen molar-refractivity contribution in [3.63, 3.8) is 0 Å². The number of ether oxygens (including phenoxy) is 1. The first-order valence-electron chi connectivity index (χ1n) is 4.83. The zero-order valence-corrected chi connectivity index (χ0v) is 9.53. The second kappa shape index (κ2) is 4.49. The van der Waals surface area contributed by atoms with Gasteiger partial charge in [-0.3, -0.25) is 0 Å². The van der Waals surface area contributed by atoms with Crippen molar-refractivity contribution in [2.45, 2.75) is 26.4 Å². The van der Waals surface area contributed by atoms with Crippen molar-refractivity contribution in [3.05, 3.63) is 30.1 Å². The molecule has 1 rings (SSSR count). The number of para-hydroxylation sites is 1. The number of carbonyl (C=O) groups excluding carboxylic acids is 1. The molecule has 0 radical (unpaired) electrons. The number of hydrogen-bond donors (Lipinski definition) is 1. The van der Waals surface area contributed by atoms with Crippen LogP contribution in [0.1, 0.15) is 20.8 Å². The van der Waals surface area contributed by atoms with Gasteiger partial charge in [-0.1, -0.05) is 12.1 Å². The van der Waals surface area contributed by atoms with E-state index in [1.54, 1.807) is 26.8 Å². The lowest BCUT2D eigenvalue weighted by Gasteiger charge is -2.24. The molecule has 1 amide bonds. The van der Waals surface area contributed by atoms with Gasteiger partial charge in [0.2, 0.25) is 0 Å². The van der Waals surface area contributed by atoms with Gasteiger partial charge >= 0.3 is 6.09 Å². The van der Waals surface area contributed by atoms with Gasteiger partial charge in [0.15, 0.2) is 0 Å². The average molecular weight is 226 g/mol. The number of carbonyl (C=O) groups is 1. The Morgan fingerprint density at radius 3 is 2.44 bits per heavy atom. The lowest BCUT2D eigenvalue weighted by Crippen LogP contribution is -2.42. The molecule has 2 N–H and O–H groups in total. The molecule has 0 bridgehead atoms. The molecule has 0 unspecified atom stereocenters. The topological polar surface area (TPSA) is 55.6 Å². The lowest BCUT2D eigenvalue weighted by molar-refractivity contribution is 0.0579. The van der Waals surface area contributed by atoms with Crippen molar-refractivity contribution in [2.24, 2.45) is 5.84 Å². The van der Waals surface area contributed by atoms with Crippen LogP contribution < -0.4 is 10.9 Å². The Morgan fingerprint density at radius 1 is 1.38 bits per heavy atom. The van der Waals surface area contributed by atoms with Crippen LogP contribution in [0.4, 0.5) is 14.9 Å². The predicted molar refractivity (Wildman–Crippen MR) is 59.3 cm³/mol. The Kier molecular flexibility index (Phi) is 3.49. The van der Waals surface area contributed by atoms with E-state index >= 15 is 0 Å². The molecule has 0 aromatic heterocycles. The molecule has 4 nitrogen and oxygen atoms in total. The van der Waals surface area contributed by atoms with Crippen LogP contribution >= 0.6 is 0 Å². The third-order valence-corrected chi connectivity index (χ3v) is 1.70. The van der Waals surface area contributed by atoms with Crippen molar-refractivity contribution in [1.82, 2.24) is 0 Å². The Hall–Kier alpha value is -1.62. The first-order chi connectivity index (χ1) is 7.31. The van der Waals surface area contributed by atoms with Crippen LogP contribution in [0, 0.1) is 5.82 Å². The van der Waals surface area contributed by atoms with E-state index in [0.717, 1.165) is 0 Å². The summed E-state index contributed by atoms with van der Waals surface area (Å²) in [6, 6.07) is 5.73. The molecule has 1 aromatic carbocycles. The molecule has 5 heteroatoms. The summed E-state index contributed by atoms with van der Waals surface area (Å²) < 4.78 is 18.3. The zero-order chi connectivity index (χ0) is 12.3. The smallest absolute Gasteiger partial charge is 0.429 e. The van der Waals surface area contributed by atoms with Crippen LogP contribution in [0.2, 0.25) is 0 Å². The molecule has 0 fully saturated rings. The summed E-state index contributed by atoms with van der Waals surface area (Å²) in [7, 11) is 0. The molecule has 0 spiro atoms. The molecule has 0 aliphatic heterocycles. The second-order valence-corrected chi connectivity index (χ2v) is 4.30. The Morgan fingerprint density at radius 2 is 1.94 bits per heavy atom. The number of anilines is 1. The van der Waals surface area contributed by atoms with Crippen molar-refractivity contribution in [3.8, 4) is 0 Å². The zero-order valence-electron chi connectivity index (χ0n) is 9.53.